The molecule has 3 atom stereocenters. The van der Waals surface area contributed by atoms with E-state index in [4.69, 9.17) is 19.3 Å². The molecule has 2 N–H and O–H groups in total. The van der Waals surface area contributed by atoms with Crippen LogP contribution in [0, 0.1) is 5.92 Å². The van der Waals surface area contributed by atoms with Crippen molar-refractivity contribution in [3.63, 3.8) is 0 Å². The molecule has 0 aromatic rings. The summed E-state index contributed by atoms with van der Waals surface area (Å²) in [5.41, 5.74) is 0.665. The molecule has 0 bridgehead atoms. The van der Waals surface area contributed by atoms with Crippen LogP contribution in [0.15, 0.2) is 23.5 Å². The molecule has 7 heteroatoms. The molecule has 0 aliphatic carbocycles. The van der Waals surface area contributed by atoms with Crippen LogP contribution in [0.4, 0.5) is 0 Å². The zero-order valence-corrected chi connectivity index (χ0v) is 21.7. The highest BCUT2D eigenvalue weighted by Gasteiger charge is 2.43. The Morgan fingerprint density at radius 3 is 2.09 bits per heavy atom. The number of aliphatic hydroxyl groups is 1. The molecule has 1 saturated heterocycles. The van der Waals surface area contributed by atoms with E-state index in [2.05, 4.69) is 12.2 Å². The Kier molecular flexibility index (Phi) is 14.1. The maximum Gasteiger partial charge on any atom is 0.374 e. The highest BCUT2D eigenvalue weighted by Crippen LogP contribution is 2.33. The van der Waals surface area contributed by atoms with Crippen molar-refractivity contribution in [2.45, 2.75) is 129 Å². The van der Waals surface area contributed by atoms with E-state index in [1.54, 1.807) is 0 Å². The van der Waals surface area contributed by atoms with Crippen molar-refractivity contribution in [3.8, 4) is 0 Å². The number of carbonyl (C=O) groups excluding carboxylic acids is 1. The first-order valence-electron chi connectivity index (χ1n) is 13.7. The topological polar surface area (TPSA) is 102 Å². The van der Waals surface area contributed by atoms with Crippen LogP contribution < -0.4 is 0 Å². The molecule has 3 unspecified atom stereocenters. The normalized spacial score (nSPS) is 22.6. The van der Waals surface area contributed by atoms with Crippen LogP contribution in [0.25, 0.3) is 0 Å². The van der Waals surface area contributed by atoms with Gasteiger partial charge in [-0.05, 0) is 44.9 Å². The number of esters is 1. The molecule has 0 aromatic heterocycles. The van der Waals surface area contributed by atoms with Gasteiger partial charge < -0.3 is 24.4 Å². The van der Waals surface area contributed by atoms with Gasteiger partial charge in [-0.3, -0.25) is 4.79 Å². The number of rotatable bonds is 19. The van der Waals surface area contributed by atoms with Gasteiger partial charge in [0.25, 0.3) is 0 Å². The summed E-state index contributed by atoms with van der Waals surface area (Å²) >= 11 is 0. The maximum atomic E-state index is 11.9. The molecule has 2 rings (SSSR count). The van der Waals surface area contributed by atoms with E-state index in [9.17, 15) is 14.7 Å². The van der Waals surface area contributed by atoms with Gasteiger partial charge in [0.2, 0.25) is 5.76 Å². The first-order valence-corrected chi connectivity index (χ1v) is 13.7. The number of aliphatic carboxylic acids is 1. The quantitative estimate of drug-likeness (QED) is 0.118. The van der Waals surface area contributed by atoms with Gasteiger partial charge in [-0.2, -0.15) is 0 Å². The minimum Gasteiger partial charge on any atom is -0.502 e. The third kappa shape index (κ3) is 11.2. The highest BCUT2D eigenvalue weighted by molar-refractivity contribution is 5.89. The summed E-state index contributed by atoms with van der Waals surface area (Å²) < 4.78 is 17.0. The van der Waals surface area contributed by atoms with Crippen molar-refractivity contribution < 1.29 is 34.0 Å². The summed E-state index contributed by atoms with van der Waals surface area (Å²) in [6.45, 7) is 4.42. The lowest BCUT2D eigenvalue weighted by molar-refractivity contribution is -0.149. The molecule has 7 nitrogen and oxygen atoms in total. The molecule has 2 aliphatic heterocycles. The lowest BCUT2D eigenvalue weighted by Crippen LogP contribution is -2.31. The minimum atomic E-state index is -0.693. The van der Waals surface area contributed by atoms with Gasteiger partial charge in [0.05, 0.1) is 6.61 Å². The summed E-state index contributed by atoms with van der Waals surface area (Å²) in [5, 5.41) is 18.8. The molecule has 0 aromatic carbocycles. The number of carbonyl (C=O) groups is 2. The summed E-state index contributed by atoms with van der Waals surface area (Å²) in [7, 11) is 0. The lowest BCUT2D eigenvalue weighted by Gasteiger charge is -2.20. The van der Waals surface area contributed by atoms with Crippen molar-refractivity contribution in [2.24, 2.45) is 5.92 Å². The number of carboxylic acid groups (broad SMARTS) is 1. The van der Waals surface area contributed by atoms with Gasteiger partial charge in [0.15, 0.2) is 12.4 Å². The zero-order valence-electron chi connectivity index (χ0n) is 21.7. The molecule has 0 radical (unpaired) electrons. The fourth-order valence-electron chi connectivity index (χ4n) is 4.61. The smallest absolute Gasteiger partial charge is 0.374 e. The van der Waals surface area contributed by atoms with Gasteiger partial charge in [0.1, 0.15) is 6.10 Å². The number of carboxylic acids is 1. The number of ether oxygens (including phenoxy) is 3. The molecular weight excluding hydrogens is 448 g/mol. The largest absolute Gasteiger partial charge is 0.502 e. The Labute approximate surface area is 210 Å². The van der Waals surface area contributed by atoms with Crippen molar-refractivity contribution in [1.82, 2.24) is 0 Å². The number of hydrogen-bond donors (Lipinski definition) is 2. The number of aliphatic hydroxyl groups excluding tert-OH is 1. The lowest BCUT2D eigenvalue weighted by atomic mass is 9.98. The third-order valence-corrected chi connectivity index (χ3v) is 6.69. The number of unbranched alkanes of at least 4 members (excludes halogenated alkanes) is 11. The van der Waals surface area contributed by atoms with E-state index in [1.807, 2.05) is 13.8 Å². The summed E-state index contributed by atoms with van der Waals surface area (Å²) in [4.78, 5) is 22.4. The van der Waals surface area contributed by atoms with Crippen LogP contribution >= 0.6 is 0 Å². The van der Waals surface area contributed by atoms with Crippen LogP contribution in [-0.2, 0) is 23.8 Å². The molecule has 35 heavy (non-hydrogen) atoms. The van der Waals surface area contributed by atoms with Crippen molar-refractivity contribution in [2.75, 3.05) is 6.61 Å². The summed E-state index contributed by atoms with van der Waals surface area (Å²) in [6, 6.07) is 0. The fourth-order valence-corrected chi connectivity index (χ4v) is 4.61. The van der Waals surface area contributed by atoms with Gasteiger partial charge in [-0.1, -0.05) is 70.9 Å². The van der Waals surface area contributed by atoms with Gasteiger partial charge >= 0.3 is 11.9 Å². The Balaban J connectivity index is 1.47. The second-order valence-electron chi connectivity index (χ2n) is 10.2. The fraction of sp³-hybridized carbons (Fsp3) is 0.786. The van der Waals surface area contributed by atoms with E-state index in [-0.39, 0.29) is 24.1 Å². The Bertz CT molecular complexity index is 697. The standard InChI is InChI=1S/C28H46O7/c1-21(2)28-33-20-23(34-28)26-22(25(31)27(32)35-26)18-16-14-12-10-8-6-4-3-5-7-9-11-13-15-17-19-24(29)30/h3,5,21,23,26,28,31H,4,6-20H2,1-2H3,(H,29,30)/b5-3-. The van der Waals surface area contributed by atoms with Gasteiger partial charge in [-0.25, -0.2) is 4.79 Å². The van der Waals surface area contributed by atoms with Crippen molar-refractivity contribution in [3.05, 3.63) is 23.5 Å². The van der Waals surface area contributed by atoms with E-state index in [1.165, 1.54) is 32.1 Å². The Morgan fingerprint density at radius 2 is 1.51 bits per heavy atom. The van der Waals surface area contributed by atoms with Crippen LogP contribution in [0.5, 0.6) is 0 Å². The Hall–Kier alpha value is -1.86. The summed E-state index contributed by atoms with van der Waals surface area (Å²) in [5.74, 6) is -1.36. The number of cyclic esters (lactones) is 1. The molecule has 0 saturated carbocycles. The van der Waals surface area contributed by atoms with E-state index in [0.29, 0.717) is 25.0 Å². The van der Waals surface area contributed by atoms with Gasteiger partial charge in [-0.15, -0.1) is 0 Å². The van der Waals surface area contributed by atoms with E-state index < -0.39 is 18.0 Å². The molecular formula is C28H46O7. The van der Waals surface area contributed by atoms with Crippen LogP contribution in [-0.4, -0.2) is 47.3 Å². The van der Waals surface area contributed by atoms with E-state index >= 15 is 0 Å². The van der Waals surface area contributed by atoms with Crippen molar-refractivity contribution >= 4 is 11.9 Å². The first-order chi connectivity index (χ1) is 16.9. The zero-order chi connectivity index (χ0) is 25.5. The monoisotopic (exact) mass is 494 g/mol. The number of allylic oxidation sites excluding steroid dienone is 2. The van der Waals surface area contributed by atoms with E-state index in [0.717, 1.165) is 51.4 Å². The second kappa shape index (κ2) is 16.7. The van der Waals surface area contributed by atoms with Crippen molar-refractivity contribution in [1.29, 1.82) is 0 Å². The molecule has 0 spiro atoms. The SMILES string of the molecule is CC(C)C1OCC(C2OC(=O)C(O)=C2CCCCCCCC/C=C\CCCCCCCC(=O)O)O1. The molecule has 1 fully saturated rings. The average molecular weight is 495 g/mol. The molecule has 0 amide bonds. The second-order valence-corrected chi connectivity index (χ2v) is 10.2. The molecule has 2 aliphatic rings. The molecule has 2 heterocycles. The predicted molar refractivity (Wildman–Crippen MR) is 135 cm³/mol. The first kappa shape index (κ1) is 29.4. The predicted octanol–water partition coefficient (Wildman–Crippen LogP) is 6.61. The maximum absolute atomic E-state index is 11.9. The van der Waals surface area contributed by atoms with Crippen LogP contribution in [0.2, 0.25) is 0 Å². The highest BCUT2D eigenvalue weighted by atomic mass is 16.7. The average Bonchev–Trinajstić information content (AvgIpc) is 3.41. The van der Waals surface area contributed by atoms with Gasteiger partial charge in [0, 0.05) is 17.9 Å². The minimum absolute atomic E-state index is 0.224. The summed E-state index contributed by atoms with van der Waals surface area (Å²) in [6.07, 6.45) is 18.7. The molecule has 200 valence electrons. The van der Waals surface area contributed by atoms with Crippen LogP contribution in [0.1, 0.15) is 110 Å². The third-order valence-electron chi connectivity index (χ3n) is 6.69. The Morgan fingerprint density at radius 1 is 0.943 bits per heavy atom. The van der Waals surface area contributed by atoms with Crippen LogP contribution in [0.3, 0.4) is 0 Å². The number of hydrogen-bond acceptors (Lipinski definition) is 6.